The predicted molar refractivity (Wildman–Crippen MR) is 111 cm³/mol. The summed E-state index contributed by atoms with van der Waals surface area (Å²) >= 11 is 0. The van der Waals surface area contributed by atoms with E-state index in [1.807, 2.05) is 19.9 Å². The number of rotatable bonds is 7. The highest BCUT2D eigenvalue weighted by atomic mass is 32.2. The molecule has 0 saturated heterocycles. The number of aryl methyl sites for hydroxylation is 1. The Morgan fingerprint density at radius 1 is 1.17 bits per heavy atom. The first-order valence-corrected chi connectivity index (χ1v) is 11.5. The second kappa shape index (κ2) is 8.02. The number of benzene rings is 1. The summed E-state index contributed by atoms with van der Waals surface area (Å²) in [4.78, 5) is 25.0. The van der Waals surface area contributed by atoms with E-state index in [0.29, 0.717) is 29.8 Å². The van der Waals surface area contributed by atoms with E-state index in [1.54, 1.807) is 12.1 Å². The van der Waals surface area contributed by atoms with Crippen LogP contribution in [0.5, 0.6) is 0 Å². The van der Waals surface area contributed by atoms with Crippen LogP contribution in [0.2, 0.25) is 0 Å². The van der Waals surface area contributed by atoms with Crippen LogP contribution in [0.4, 0.5) is 5.69 Å². The van der Waals surface area contributed by atoms with Gasteiger partial charge in [-0.1, -0.05) is 6.92 Å². The first-order chi connectivity index (χ1) is 13.6. The standard InChI is InChI=1S/C21H26N2O5S/c1-5-9-22-14(2)11-18(15(22)3)20(24)13-28-21(25)17-6-7-19-16(12-17)8-10-23(19)29(4,26)27/h6-7,11-12H,5,8-10,13H2,1-4H3. The minimum Gasteiger partial charge on any atom is -0.454 e. The summed E-state index contributed by atoms with van der Waals surface area (Å²) in [6.45, 7) is 6.79. The highest BCUT2D eigenvalue weighted by molar-refractivity contribution is 7.92. The molecular weight excluding hydrogens is 392 g/mol. The van der Waals surface area contributed by atoms with Crippen molar-refractivity contribution in [3.8, 4) is 0 Å². The van der Waals surface area contributed by atoms with E-state index in [2.05, 4.69) is 11.5 Å². The summed E-state index contributed by atoms with van der Waals surface area (Å²) in [6.07, 6.45) is 2.66. The van der Waals surface area contributed by atoms with Crippen LogP contribution in [0.3, 0.4) is 0 Å². The van der Waals surface area contributed by atoms with E-state index in [9.17, 15) is 18.0 Å². The largest absolute Gasteiger partial charge is 0.454 e. The SMILES string of the molecule is CCCn1c(C)cc(C(=O)COC(=O)c2ccc3c(c2)CCN3S(C)(=O)=O)c1C. The zero-order chi connectivity index (χ0) is 21.3. The lowest BCUT2D eigenvalue weighted by atomic mass is 10.1. The monoisotopic (exact) mass is 418 g/mol. The molecule has 1 aromatic heterocycles. The number of carbonyl (C=O) groups excluding carboxylic acids is 2. The Morgan fingerprint density at radius 2 is 1.90 bits per heavy atom. The Kier molecular flexibility index (Phi) is 5.84. The van der Waals surface area contributed by atoms with Gasteiger partial charge in [-0.25, -0.2) is 13.2 Å². The van der Waals surface area contributed by atoms with Gasteiger partial charge in [-0.3, -0.25) is 9.10 Å². The molecule has 0 atom stereocenters. The van der Waals surface area contributed by atoms with Crippen LogP contribution in [-0.2, 0) is 27.7 Å². The molecule has 0 amide bonds. The van der Waals surface area contributed by atoms with E-state index >= 15 is 0 Å². The summed E-state index contributed by atoms with van der Waals surface area (Å²) in [6, 6.07) is 6.61. The molecule has 2 aromatic rings. The normalized spacial score (nSPS) is 13.4. The van der Waals surface area contributed by atoms with E-state index in [4.69, 9.17) is 4.74 Å². The molecule has 1 aliphatic heterocycles. The molecule has 0 fully saturated rings. The van der Waals surface area contributed by atoms with Crippen molar-refractivity contribution in [2.75, 3.05) is 23.7 Å². The molecule has 1 aliphatic rings. The summed E-state index contributed by atoms with van der Waals surface area (Å²) in [5, 5.41) is 0. The van der Waals surface area contributed by atoms with E-state index in [0.717, 1.165) is 36.2 Å². The van der Waals surface area contributed by atoms with Gasteiger partial charge in [0.2, 0.25) is 15.8 Å². The lowest BCUT2D eigenvalue weighted by Gasteiger charge is -2.16. The maximum absolute atomic E-state index is 12.5. The third-order valence-corrected chi connectivity index (χ3v) is 6.40. The van der Waals surface area contributed by atoms with Crippen molar-refractivity contribution >= 4 is 27.5 Å². The number of anilines is 1. The molecule has 8 heteroatoms. The summed E-state index contributed by atoms with van der Waals surface area (Å²) < 4.78 is 32.3. The van der Waals surface area contributed by atoms with Gasteiger partial charge in [0.05, 0.1) is 17.5 Å². The van der Waals surface area contributed by atoms with Gasteiger partial charge >= 0.3 is 5.97 Å². The number of fused-ring (bicyclic) bond motifs is 1. The van der Waals surface area contributed by atoms with Gasteiger partial charge in [-0.15, -0.1) is 0 Å². The van der Waals surface area contributed by atoms with Crippen molar-refractivity contribution in [2.45, 2.75) is 40.2 Å². The fourth-order valence-corrected chi connectivity index (χ4v) is 4.74. The highest BCUT2D eigenvalue weighted by Gasteiger charge is 2.27. The predicted octanol–water partition coefficient (Wildman–Crippen LogP) is 2.88. The smallest absolute Gasteiger partial charge is 0.338 e. The first-order valence-electron chi connectivity index (χ1n) is 9.61. The second-order valence-electron chi connectivity index (χ2n) is 7.36. The molecule has 0 radical (unpaired) electrons. The number of hydrogen-bond acceptors (Lipinski definition) is 5. The molecule has 0 N–H and O–H groups in total. The van der Waals surface area contributed by atoms with Crippen molar-refractivity contribution in [3.63, 3.8) is 0 Å². The molecule has 0 aliphatic carbocycles. The molecule has 0 bridgehead atoms. The van der Waals surface area contributed by atoms with Gasteiger partial charge < -0.3 is 9.30 Å². The fourth-order valence-electron chi connectivity index (χ4n) is 3.79. The molecule has 1 aromatic carbocycles. The molecule has 156 valence electrons. The Balaban J connectivity index is 1.69. The van der Waals surface area contributed by atoms with Gasteiger partial charge in [0.1, 0.15) is 0 Å². The number of aromatic nitrogens is 1. The van der Waals surface area contributed by atoms with E-state index in [1.165, 1.54) is 10.4 Å². The first kappa shape index (κ1) is 21.1. The van der Waals surface area contributed by atoms with E-state index < -0.39 is 16.0 Å². The molecule has 29 heavy (non-hydrogen) atoms. The van der Waals surface area contributed by atoms with Gasteiger partial charge in [0.15, 0.2) is 6.61 Å². The Labute approximate surface area is 171 Å². The Hall–Kier alpha value is -2.61. The number of ketones is 1. The van der Waals surface area contributed by atoms with E-state index in [-0.39, 0.29) is 12.4 Å². The number of hydrogen-bond donors (Lipinski definition) is 0. The van der Waals surface area contributed by atoms with Crippen LogP contribution < -0.4 is 4.31 Å². The van der Waals surface area contributed by atoms with Crippen LogP contribution in [0.1, 0.15) is 51.0 Å². The number of ether oxygens (including phenoxy) is 1. The van der Waals surface area contributed by atoms with Gasteiger partial charge in [-0.2, -0.15) is 0 Å². The number of nitrogens with zero attached hydrogens (tertiary/aromatic N) is 2. The quantitative estimate of drug-likeness (QED) is 0.510. The lowest BCUT2D eigenvalue weighted by molar-refractivity contribution is 0.0474. The van der Waals surface area contributed by atoms with Crippen molar-refractivity contribution in [1.29, 1.82) is 0 Å². The topological polar surface area (TPSA) is 85.7 Å². The molecule has 0 spiro atoms. The number of Topliss-reactive ketones (excluding diaryl/α,β-unsaturated/α-hetero) is 1. The highest BCUT2D eigenvalue weighted by Crippen LogP contribution is 2.30. The second-order valence-corrected chi connectivity index (χ2v) is 9.27. The van der Waals surface area contributed by atoms with Crippen molar-refractivity contribution in [2.24, 2.45) is 0 Å². The number of esters is 1. The van der Waals surface area contributed by atoms with Crippen molar-refractivity contribution in [3.05, 3.63) is 52.3 Å². The zero-order valence-electron chi connectivity index (χ0n) is 17.2. The van der Waals surface area contributed by atoms with Crippen LogP contribution in [0.15, 0.2) is 24.3 Å². The fraction of sp³-hybridized carbons (Fsp3) is 0.429. The molecule has 2 heterocycles. The molecule has 3 rings (SSSR count). The summed E-state index contributed by atoms with van der Waals surface area (Å²) in [5.41, 5.74) is 4.13. The van der Waals surface area contributed by atoms with Gasteiger partial charge in [0, 0.05) is 30.0 Å². The van der Waals surface area contributed by atoms with Crippen LogP contribution in [-0.4, -0.2) is 44.1 Å². The summed E-state index contributed by atoms with van der Waals surface area (Å²) in [5.74, 6) is -0.834. The third kappa shape index (κ3) is 4.22. The van der Waals surface area contributed by atoms with Gasteiger partial charge in [-0.05, 0) is 56.5 Å². The van der Waals surface area contributed by atoms with Gasteiger partial charge in [0.25, 0.3) is 0 Å². The molecule has 0 saturated carbocycles. The average Bonchev–Trinajstić information content (AvgIpc) is 3.21. The zero-order valence-corrected chi connectivity index (χ0v) is 18.0. The van der Waals surface area contributed by atoms with Crippen LogP contribution in [0.25, 0.3) is 0 Å². The Bertz CT molecular complexity index is 1070. The minimum atomic E-state index is -3.34. The Morgan fingerprint density at radius 3 is 2.55 bits per heavy atom. The van der Waals surface area contributed by atoms with Crippen molar-refractivity contribution in [1.82, 2.24) is 4.57 Å². The molecule has 7 nitrogen and oxygen atoms in total. The number of sulfonamides is 1. The van der Waals surface area contributed by atoms with Crippen molar-refractivity contribution < 1.29 is 22.7 Å². The lowest BCUT2D eigenvalue weighted by Crippen LogP contribution is -2.27. The minimum absolute atomic E-state index is 0.238. The van der Waals surface area contributed by atoms with Crippen LogP contribution >= 0.6 is 0 Å². The number of carbonyl (C=O) groups is 2. The summed E-state index contributed by atoms with van der Waals surface area (Å²) in [7, 11) is -3.34. The average molecular weight is 419 g/mol. The third-order valence-electron chi connectivity index (χ3n) is 5.22. The maximum atomic E-state index is 12.5. The maximum Gasteiger partial charge on any atom is 0.338 e. The molecular formula is C21H26N2O5S. The molecule has 0 unspecified atom stereocenters. The van der Waals surface area contributed by atoms with Crippen LogP contribution in [0, 0.1) is 13.8 Å².